The number of hydrogen-bond acceptors (Lipinski definition) is 7. The normalized spacial score (nSPS) is 15.5. The molecule has 1 unspecified atom stereocenters. The summed E-state index contributed by atoms with van der Waals surface area (Å²) in [5, 5.41) is 13.9. The second-order valence-corrected chi connectivity index (χ2v) is 9.76. The summed E-state index contributed by atoms with van der Waals surface area (Å²) >= 11 is 1.56. The van der Waals surface area contributed by atoms with Crippen molar-refractivity contribution in [3.63, 3.8) is 0 Å². The molecule has 0 radical (unpaired) electrons. The summed E-state index contributed by atoms with van der Waals surface area (Å²) in [6.07, 6.45) is 5.42. The number of nitrogens with two attached hydrogens (primary N) is 1. The topological polar surface area (TPSA) is 110 Å². The number of allylic oxidation sites excluding steroid dienone is 1. The van der Waals surface area contributed by atoms with Gasteiger partial charge in [0, 0.05) is 16.6 Å². The number of aliphatic carboxylic acids is 1. The third-order valence-corrected chi connectivity index (χ3v) is 6.60. The van der Waals surface area contributed by atoms with E-state index in [-0.39, 0.29) is 12.0 Å². The summed E-state index contributed by atoms with van der Waals surface area (Å²) in [7, 11) is 0. The fourth-order valence-corrected chi connectivity index (χ4v) is 5.31. The standard InChI is InChI=1S/C24H28N4O3S/c1-12(2)7-15-8-18(19(10-17(15)25)31-13(3)4)28-22-21-16-6-5-14(24(29)30)9-20(16)32-23(21)27-11-26-22/h7-8,10-11,13-14H,5-6,9,25H2,1-4H3,(H,29,30)(H,26,27,28). The molecule has 8 heteroatoms. The van der Waals surface area contributed by atoms with Crippen LogP contribution in [0.1, 0.15) is 50.1 Å². The zero-order valence-corrected chi connectivity index (χ0v) is 19.5. The molecule has 2 heterocycles. The number of rotatable bonds is 6. The second-order valence-electron chi connectivity index (χ2n) is 8.67. The predicted octanol–water partition coefficient (Wildman–Crippen LogP) is 5.42. The van der Waals surface area contributed by atoms with E-state index in [0.29, 0.717) is 36.5 Å². The van der Waals surface area contributed by atoms with E-state index in [1.54, 1.807) is 17.7 Å². The zero-order chi connectivity index (χ0) is 23.0. The lowest BCUT2D eigenvalue weighted by molar-refractivity contribution is -0.142. The fourth-order valence-electron chi connectivity index (χ4n) is 4.04. The minimum Gasteiger partial charge on any atom is -0.489 e. The summed E-state index contributed by atoms with van der Waals surface area (Å²) in [6, 6.07) is 3.82. The van der Waals surface area contributed by atoms with Gasteiger partial charge in [0.25, 0.3) is 0 Å². The van der Waals surface area contributed by atoms with Crippen molar-refractivity contribution in [1.82, 2.24) is 9.97 Å². The van der Waals surface area contributed by atoms with Gasteiger partial charge < -0.3 is 20.9 Å². The molecule has 0 amide bonds. The number of nitrogens with zero attached hydrogens (tertiary/aromatic N) is 2. The van der Waals surface area contributed by atoms with Crippen LogP contribution in [-0.2, 0) is 17.6 Å². The van der Waals surface area contributed by atoms with Gasteiger partial charge in [0.05, 0.1) is 23.1 Å². The third-order valence-electron chi connectivity index (χ3n) is 5.44. The number of nitrogens with one attached hydrogen (secondary N) is 1. The molecule has 168 valence electrons. The Morgan fingerprint density at radius 3 is 2.81 bits per heavy atom. The van der Waals surface area contributed by atoms with E-state index in [2.05, 4.69) is 15.3 Å². The van der Waals surface area contributed by atoms with Crippen LogP contribution >= 0.6 is 11.3 Å². The van der Waals surface area contributed by atoms with Gasteiger partial charge in [-0.2, -0.15) is 0 Å². The van der Waals surface area contributed by atoms with Crippen LogP contribution in [-0.4, -0.2) is 27.1 Å². The van der Waals surface area contributed by atoms with Crippen molar-refractivity contribution in [1.29, 1.82) is 0 Å². The molecule has 2 aromatic heterocycles. The maximum atomic E-state index is 11.5. The molecular formula is C24H28N4O3S. The number of carboxylic acids is 1. The minimum atomic E-state index is -0.735. The van der Waals surface area contributed by atoms with Gasteiger partial charge in [-0.25, -0.2) is 9.97 Å². The van der Waals surface area contributed by atoms with Gasteiger partial charge in [-0.3, -0.25) is 4.79 Å². The van der Waals surface area contributed by atoms with E-state index in [4.69, 9.17) is 10.5 Å². The summed E-state index contributed by atoms with van der Waals surface area (Å²) in [4.78, 5) is 22.4. The molecule has 1 aromatic carbocycles. The summed E-state index contributed by atoms with van der Waals surface area (Å²) in [6.45, 7) is 8.00. The molecule has 0 aliphatic heterocycles. The van der Waals surface area contributed by atoms with Crippen molar-refractivity contribution >= 4 is 50.8 Å². The van der Waals surface area contributed by atoms with Crippen LogP contribution in [0.15, 0.2) is 24.0 Å². The Balaban J connectivity index is 1.79. The Hall–Kier alpha value is -3.13. The van der Waals surface area contributed by atoms with Crippen molar-refractivity contribution in [3.05, 3.63) is 40.0 Å². The molecule has 1 aliphatic carbocycles. The molecule has 0 bridgehead atoms. The number of fused-ring (bicyclic) bond motifs is 3. The van der Waals surface area contributed by atoms with Crippen molar-refractivity contribution in [2.24, 2.45) is 5.92 Å². The van der Waals surface area contributed by atoms with Crippen molar-refractivity contribution in [2.75, 3.05) is 11.1 Å². The number of ether oxygens (including phenoxy) is 1. The molecular weight excluding hydrogens is 424 g/mol. The number of carbonyl (C=O) groups is 1. The van der Waals surface area contributed by atoms with Gasteiger partial charge in [0.1, 0.15) is 22.7 Å². The van der Waals surface area contributed by atoms with Crippen LogP contribution < -0.4 is 15.8 Å². The number of thiophene rings is 1. The maximum Gasteiger partial charge on any atom is 0.306 e. The number of hydrogen-bond donors (Lipinski definition) is 3. The fraction of sp³-hybridized carbons (Fsp3) is 0.375. The van der Waals surface area contributed by atoms with E-state index < -0.39 is 5.97 Å². The van der Waals surface area contributed by atoms with Crippen molar-refractivity contribution < 1.29 is 14.6 Å². The first kappa shape index (κ1) is 22.1. The average molecular weight is 453 g/mol. The molecule has 0 saturated carbocycles. The van der Waals surface area contributed by atoms with Gasteiger partial charge >= 0.3 is 5.97 Å². The molecule has 4 rings (SSSR count). The van der Waals surface area contributed by atoms with Crippen molar-refractivity contribution in [3.8, 4) is 5.75 Å². The zero-order valence-electron chi connectivity index (χ0n) is 18.7. The summed E-state index contributed by atoms with van der Waals surface area (Å²) in [5.41, 5.74) is 10.9. The highest BCUT2D eigenvalue weighted by Crippen LogP contribution is 2.42. The number of nitrogen functional groups attached to an aromatic ring is 1. The monoisotopic (exact) mass is 452 g/mol. The van der Waals surface area contributed by atoms with Gasteiger partial charge in [-0.15, -0.1) is 11.3 Å². The number of aryl methyl sites for hydroxylation is 1. The highest BCUT2D eigenvalue weighted by molar-refractivity contribution is 7.19. The summed E-state index contributed by atoms with van der Waals surface area (Å²) < 4.78 is 6.04. The van der Waals surface area contributed by atoms with Crippen LogP contribution in [0.25, 0.3) is 16.3 Å². The lowest BCUT2D eigenvalue weighted by Gasteiger charge is -2.20. The van der Waals surface area contributed by atoms with Crippen LogP contribution in [0.2, 0.25) is 0 Å². The number of benzene rings is 1. The van der Waals surface area contributed by atoms with Gasteiger partial charge in [0.2, 0.25) is 0 Å². The quantitative estimate of drug-likeness (QED) is 0.428. The Kier molecular flexibility index (Phi) is 6.06. The molecule has 0 fully saturated rings. The largest absolute Gasteiger partial charge is 0.489 e. The lowest BCUT2D eigenvalue weighted by Crippen LogP contribution is -2.21. The number of carboxylic acid groups (broad SMARTS) is 1. The van der Waals surface area contributed by atoms with E-state index in [1.807, 2.05) is 45.9 Å². The van der Waals surface area contributed by atoms with Gasteiger partial charge in [0.15, 0.2) is 0 Å². The van der Waals surface area contributed by atoms with E-state index in [0.717, 1.165) is 37.5 Å². The Morgan fingerprint density at radius 2 is 2.12 bits per heavy atom. The Morgan fingerprint density at radius 1 is 1.34 bits per heavy atom. The third kappa shape index (κ3) is 4.41. The molecule has 0 spiro atoms. The second kappa shape index (κ2) is 8.78. The molecule has 1 atom stereocenters. The number of aromatic nitrogens is 2. The predicted molar refractivity (Wildman–Crippen MR) is 130 cm³/mol. The highest BCUT2D eigenvalue weighted by Gasteiger charge is 2.29. The molecule has 4 N–H and O–H groups in total. The van der Waals surface area contributed by atoms with Gasteiger partial charge in [-0.05, 0) is 64.2 Å². The average Bonchev–Trinajstić information content (AvgIpc) is 3.09. The summed E-state index contributed by atoms with van der Waals surface area (Å²) in [5.74, 6) is 0.282. The van der Waals surface area contributed by atoms with Gasteiger partial charge in [-0.1, -0.05) is 11.6 Å². The molecule has 1 aliphatic rings. The first-order chi connectivity index (χ1) is 15.2. The maximum absolute atomic E-state index is 11.5. The van der Waals surface area contributed by atoms with Crippen LogP contribution in [0.4, 0.5) is 17.2 Å². The Bertz CT molecular complexity index is 1210. The van der Waals surface area contributed by atoms with E-state index in [9.17, 15) is 9.90 Å². The highest BCUT2D eigenvalue weighted by atomic mass is 32.1. The lowest BCUT2D eigenvalue weighted by atomic mass is 9.88. The van der Waals surface area contributed by atoms with Crippen LogP contribution in [0, 0.1) is 5.92 Å². The molecule has 0 saturated heterocycles. The van der Waals surface area contributed by atoms with E-state index in [1.165, 1.54) is 0 Å². The first-order valence-corrected chi connectivity index (χ1v) is 11.5. The Labute approximate surface area is 191 Å². The van der Waals surface area contributed by atoms with E-state index >= 15 is 0 Å². The first-order valence-electron chi connectivity index (χ1n) is 10.7. The number of anilines is 3. The molecule has 7 nitrogen and oxygen atoms in total. The molecule has 3 aromatic rings. The molecule has 32 heavy (non-hydrogen) atoms. The van der Waals surface area contributed by atoms with Crippen molar-refractivity contribution in [2.45, 2.75) is 53.1 Å². The van der Waals surface area contributed by atoms with Crippen LogP contribution in [0.3, 0.4) is 0 Å². The minimum absolute atomic E-state index is 0.0171. The van der Waals surface area contributed by atoms with Crippen LogP contribution in [0.5, 0.6) is 5.75 Å². The SMILES string of the molecule is CC(C)=Cc1cc(Nc2ncnc3sc4c(c23)CCC(C(=O)O)C4)c(OC(C)C)cc1N. The smallest absolute Gasteiger partial charge is 0.306 e.